The minimum Gasteiger partial charge on any atom is -0.460 e. The molecule has 0 bridgehead atoms. The largest absolute Gasteiger partial charge is 0.460 e. The molecule has 0 amide bonds. The molecule has 0 aromatic rings. The number of hydrogen-bond donors (Lipinski definition) is 1. The van der Waals surface area contributed by atoms with Gasteiger partial charge in [-0.2, -0.15) is 13.5 Å². The molecule has 39 heavy (non-hydrogen) atoms. The summed E-state index contributed by atoms with van der Waals surface area (Å²) in [5, 5.41) is 3.44. The van der Waals surface area contributed by atoms with Crippen LogP contribution in [0.25, 0.3) is 0 Å². The van der Waals surface area contributed by atoms with E-state index in [4.69, 9.17) is 18.9 Å². The van der Waals surface area contributed by atoms with Crippen molar-refractivity contribution < 1.29 is 23.7 Å². The zero-order chi connectivity index (χ0) is 26.5. The van der Waals surface area contributed by atoms with Crippen LogP contribution in [0.15, 0.2) is 0 Å². The summed E-state index contributed by atoms with van der Waals surface area (Å²) in [7, 11) is 0. The maximum absolute atomic E-state index is 11.6. The molecule has 2 saturated heterocycles. The molecule has 5 aliphatic carbocycles. The zero-order valence-electron chi connectivity index (χ0n) is 24.9. The second-order valence-corrected chi connectivity index (χ2v) is 15.3. The molecule has 2 spiro atoms. The Morgan fingerprint density at radius 1 is 0.974 bits per heavy atom. The van der Waals surface area contributed by atoms with Gasteiger partial charge < -0.3 is 24.3 Å². The zero-order valence-corrected chi connectivity index (χ0v) is 25.9. The van der Waals surface area contributed by atoms with Crippen molar-refractivity contribution in [2.24, 2.45) is 45.3 Å². The Balaban J connectivity index is 0.00000277. The summed E-state index contributed by atoms with van der Waals surface area (Å²) in [5.41, 5.74) is 1.70. The molecule has 2 aliphatic heterocycles. The van der Waals surface area contributed by atoms with Gasteiger partial charge in [0.15, 0.2) is 6.29 Å². The summed E-state index contributed by atoms with van der Waals surface area (Å²) < 4.78 is 24.9. The average molecular weight is 564 g/mol. The first-order valence-corrected chi connectivity index (χ1v) is 15.9. The molecule has 7 fully saturated rings. The lowest BCUT2D eigenvalue weighted by atomic mass is 9.46. The third kappa shape index (κ3) is 4.13. The molecule has 0 aromatic heterocycles. The molecule has 12 atom stereocenters. The van der Waals surface area contributed by atoms with E-state index in [9.17, 15) is 4.79 Å². The number of carbonyl (C=O) groups is 1. The highest BCUT2D eigenvalue weighted by Gasteiger charge is 2.80. The van der Waals surface area contributed by atoms with Crippen LogP contribution in [0.4, 0.5) is 0 Å². The molecule has 5 saturated carbocycles. The molecule has 2 heterocycles. The number of esters is 1. The SMILES string of the molecule is CC(=O)O[C@H](C)C1CCC2C(CC3C4CCC5C(C)(C)[C@@H](OC6CNCCO6)CCC56C[C@@]46CCC23C)O1.S. The molecule has 7 rings (SSSR count). The Morgan fingerprint density at radius 3 is 2.51 bits per heavy atom. The van der Waals surface area contributed by atoms with E-state index in [2.05, 4.69) is 26.1 Å². The van der Waals surface area contributed by atoms with Crippen LogP contribution >= 0.6 is 13.5 Å². The predicted molar refractivity (Wildman–Crippen MR) is 155 cm³/mol. The van der Waals surface area contributed by atoms with Crippen LogP contribution in [0.1, 0.15) is 98.8 Å². The number of rotatable bonds is 4. The van der Waals surface area contributed by atoms with Gasteiger partial charge in [0, 0.05) is 20.0 Å². The van der Waals surface area contributed by atoms with Crippen molar-refractivity contribution in [3.05, 3.63) is 0 Å². The highest BCUT2D eigenvalue weighted by Crippen LogP contribution is 2.87. The van der Waals surface area contributed by atoms with E-state index >= 15 is 0 Å². The second-order valence-electron chi connectivity index (χ2n) is 15.3. The maximum atomic E-state index is 11.6. The fourth-order valence-corrected chi connectivity index (χ4v) is 12.0. The van der Waals surface area contributed by atoms with Gasteiger partial charge in [0.05, 0.1) is 24.9 Å². The van der Waals surface area contributed by atoms with E-state index in [1.54, 1.807) is 0 Å². The van der Waals surface area contributed by atoms with Crippen molar-refractivity contribution in [3.63, 3.8) is 0 Å². The Morgan fingerprint density at radius 2 is 1.77 bits per heavy atom. The van der Waals surface area contributed by atoms with Gasteiger partial charge in [-0.15, -0.1) is 0 Å². The standard InChI is InChI=1S/C32H51NO5.H2S/c1-19(36-20(2)34)24-8-6-22-25(37-24)16-23-21-7-9-26-29(3,4)27(38-28-17-33-14-15-35-28)10-11-32(26)18-31(21,32)13-12-30(22,23)5;/h19,21-28,33H,6-18H2,1-5H3;1H2/t19-,21?,22?,23?,24?,25?,26?,27+,28?,30?,31+,32?;/m1./s1. The van der Waals surface area contributed by atoms with Crippen LogP contribution in [0.5, 0.6) is 0 Å². The quantitative estimate of drug-likeness (QED) is 0.450. The minimum atomic E-state index is -0.195. The smallest absolute Gasteiger partial charge is 0.302 e. The van der Waals surface area contributed by atoms with Gasteiger partial charge in [-0.1, -0.05) is 20.8 Å². The summed E-state index contributed by atoms with van der Waals surface area (Å²) >= 11 is 0. The van der Waals surface area contributed by atoms with Crippen molar-refractivity contribution in [2.75, 3.05) is 19.7 Å². The Kier molecular flexibility index (Phi) is 7.27. The van der Waals surface area contributed by atoms with Crippen LogP contribution in [-0.2, 0) is 23.7 Å². The molecule has 7 aliphatic rings. The summed E-state index contributed by atoms with van der Waals surface area (Å²) in [6, 6.07) is 0. The Bertz CT molecular complexity index is 955. The molecule has 0 radical (unpaired) electrons. The van der Waals surface area contributed by atoms with Crippen molar-refractivity contribution in [1.29, 1.82) is 0 Å². The molecule has 6 nitrogen and oxygen atoms in total. The van der Waals surface area contributed by atoms with E-state index < -0.39 is 0 Å². The van der Waals surface area contributed by atoms with Gasteiger partial charge >= 0.3 is 5.97 Å². The van der Waals surface area contributed by atoms with Gasteiger partial charge in [-0.3, -0.25) is 4.79 Å². The number of hydrogen-bond acceptors (Lipinski definition) is 6. The van der Waals surface area contributed by atoms with Crippen molar-refractivity contribution in [3.8, 4) is 0 Å². The highest BCUT2D eigenvalue weighted by atomic mass is 32.1. The van der Waals surface area contributed by atoms with E-state index in [1.807, 2.05) is 6.92 Å². The lowest BCUT2D eigenvalue weighted by Gasteiger charge is -2.60. The normalized spacial score (nSPS) is 52.0. The van der Waals surface area contributed by atoms with Gasteiger partial charge in [0.2, 0.25) is 0 Å². The van der Waals surface area contributed by atoms with E-state index in [0.29, 0.717) is 34.4 Å². The van der Waals surface area contributed by atoms with Gasteiger partial charge in [0.1, 0.15) is 6.10 Å². The fourth-order valence-electron chi connectivity index (χ4n) is 12.0. The number of nitrogens with one attached hydrogen (secondary N) is 1. The maximum Gasteiger partial charge on any atom is 0.302 e. The number of morpholine rings is 1. The fraction of sp³-hybridized carbons (Fsp3) is 0.969. The van der Waals surface area contributed by atoms with E-state index in [0.717, 1.165) is 43.9 Å². The van der Waals surface area contributed by atoms with Crippen LogP contribution in [0, 0.1) is 45.3 Å². The summed E-state index contributed by atoms with van der Waals surface area (Å²) in [5.74, 6) is 2.88. The minimum absolute atomic E-state index is 0. The Labute approximate surface area is 242 Å². The number of carbonyl (C=O) groups excluding carboxylic acids is 1. The first kappa shape index (κ1) is 28.8. The monoisotopic (exact) mass is 563 g/mol. The third-order valence-electron chi connectivity index (χ3n) is 13.6. The summed E-state index contributed by atoms with van der Waals surface area (Å²) in [6.07, 6.45) is 13.5. The molecule has 1 N–H and O–H groups in total. The van der Waals surface area contributed by atoms with Crippen molar-refractivity contribution in [1.82, 2.24) is 5.32 Å². The lowest BCUT2D eigenvalue weighted by molar-refractivity contribution is -0.232. The van der Waals surface area contributed by atoms with Crippen LogP contribution < -0.4 is 5.32 Å². The molecule has 0 aromatic carbocycles. The Hall–Kier alpha value is -0.340. The van der Waals surface area contributed by atoms with Gasteiger partial charge in [-0.05, 0) is 116 Å². The summed E-state index contributed by atoms with van der Waals surface area (Å²) in [4.78, 5) is 11.6. The molecular formula is C32H53NO5S. The van der Waals surface area contributed by atoms with Gasteiger partial charge in [0.25, 0.3) is 0 Å². The topological polar surface area (TPSA) is 66.0 Å². The molecule has 7 heteroatoms. The van der Waals surface area contributed by atoms with Crippen LogP contribution in [-0.4, -0.2) is 56.4 Å². The van der Waals surface area contributed by atoms with Crippen molar-refractivity contribution >= 4 is 19.5 Å². The highest BCUT2D eigenvalue weighted by molar-refractivity contribution is 7.59. The molecule has 222 valence electrons. The van der Waals surface area contributed by atoms with E-state index in [-0.39, 0.29) is 43.4 Å². The predicted octanol–water partition coefficient (Wildman–Crippen LogP) is 5.59. The first-order valence-electron chi connectivity index (χ1n) is 15.9. The summed E-state index contributed by atoms with van der Waals surface area (Å²) in [6.45, 7) is 13.7. The third-order valence-corrected chi connectivity index (χ3v) is 13.6. The molecule has 9 unspecified atom stereocenters. The van der Waals surface area contributed by atoms with Crippen LogP contribution in [0.3, 0.4) is 0 Å². The average Bonchev–Trinajstić information content (AvgIpc) is 3.46. The van der Waals surface area contributed by atoms with E-state index in [1.165, 1.54) is 64.7 Å². The second kappa shape index (κ2) is 9.86. The van der Waals surface area contributed by atoms with Crippen LogP contribution in [0.2, 0.25) is 0 Å². The van der Waals surface area contributed by atoms with Crippen molar-refractivity contribution in [2.45, 2.75) is 130 Å². The lowest BCUT2D eigenvalue weighted by Crippen LogP contribution is -2.56. The molecular weight excluding hydrogens is 510 g/mol. The van der Waals surface area contributed by atoms with Gasteiger partial charge in [-0.25, -0.2) is 0 Å². The number of ether oxygens (including phenoxy) is 4. The number of fused-ring (bicyclic) bond motifs is 4. The first-order chi connectivity index (χ1) is 18.1.